The van der Waals surface area contributed by atoms with Crippen molar-refractivity contribution in [3.63, 3.8) is 0 Å². The minimum atomic E-state index is -4.02. The van der Waals surface area contributed by atoms with E-state index in [1.807, 2.05) is 0 Å². The minimum Gasteiger partial charge on any atom is -0.287 e. The van der Waals surface area contributed by atoms with Gasteiger partial charge < -0.3 is 0 Å². The second kappa shape index (κ2) is 8.45. The standard InChI is InChI=1S/C21H16Cl2N2O3S/c1-13-17(22)20(26)18(23)14(2)19(13)24-21(15-9-5-3-6-10-15)25-29(27,28)16-11-7-4-8-12-16/h3-12H,1-2H3/b25-21-. The van der Waals surface area contributed by atoms with Gasteiger partial charge in [0.15, 0.2) is 5.84 Å². The maximum absolute atomic E-state index is 12.8. The first-order valence-electron chi connectivity index (χ1n) is 8.54. The van der Waals surface area contributed by atoms with Crippen molar-refractivity contribution in [1.29, 1.82) is 0 Å². The average Bonchev–Trinajstić information content (AvgIpc) is 2.74. The molecule has 2 aromatic carbocycles. The van der Waals surface area contributed by atoms with Gasteiger partial charge in [0.2, 0.25) is 5.78 Å². The Hall–Kier alpha value is -2.54. The summed E-state index contributed by atoms with van der Waals surface area (Å²) in [5, 5.41) is -0.115. The predicted octanol–water partition coefficient (Wildman–Crippen LogP) is 4.87. The molecule has 0 bridgehead atoms. The van der Waals surface area contributed by atoms with Crippen LogP contribution in [0.15, 0.2) is 96.2 Å². The summed E-state index contributed by atoms with van der Waals surface area (Å²) < 4.78 is 29.6. The Morgan fingerprint density at radius 3 is 1.83 bits per heavy atom. The van der Waals surface area contributed by atoms with Gasteiger partial charge in [-0.1, -0.05) is 71.7 Å². The summed E-state index contributed by atoms with van der Waals surface area (Å²) in [6, 6.07) is 16.5. The largest absolute Gasteiger partial charge is 0.287 e. The zero-order valence-electron chi connectivity index (χ0n) is 15.6. The number of Topliss-reactive ketones (excluding diaryl/α,β-unsaturated/α-hetero) is 1. The summed E-state index contributed by atoms with van der Waals surface area (Å²) in [6.45, 7) is 3.25. The fourth-order valence-electron chi connectivity index (χ4n) is 2.68. The van der Waals surface area contributed by atoms with Crippen LogP contribution in [0.3, 0.4) is 0 Å². The second-order valence-electron chi connectivity index (χ2n) is 6.24. The van der Waals surface area contributed by atoms with Crippen molar-refractivity contribution in [3.05, 3.63) is 87.4 Å². The molecule has 0 saturated heterocycles. The molecule has 0 fully saturated rings. The first kappa shape index (κ1) is 21.2. The second-order valence-corrected chi connectivity index (χ2v) is 8.60. The van der Waals surface area contributed by atoms with Gasteiger partial charge in [-0.3, -0.25) is 4.79 Å². The monoisotopic (exact) mass is 446 g/mol. The molecule has 148 valence electrons. The molecule has 8 heteroatoms. The predicted molar refractivity (Wildman–Crippen MR) is 116 cm³/mol. The molecule has 29 heavy (non-hydrogen) atoms. The molecule has 0 N–H and O–H groups in total. The van der Waals surface area contributed by atoms with Gasteiger partial charge in [0.05, 0.1) is 20.7 Å². The lowest BCUT2D eigenvalue weighted by atomic mass is 9.96. The molecule has 1 aliphatic rings. The summed E-state index contributed by atoms with van der Waals surface area (Å²) in [6.07, 6.45) is 0. The van der Waals surface area contributed by atoms with E-state index in [0.29, 0.717) is 22.4 Å². The molecule has 0 atom stereocenters. The molecule has 5 nitrogen and oxygen atoms in total. The molecule has 0 radical (unpaired) electrons. The molecule has 0 aromatic heterocycles. The van der Waals surface area contributed by atoms with E-state index < -0.39 is 15.8 Å². The Balaban J connectivity index is 2.24. The highest BCUT2D eigenvalue weighted by molar-refractivity contribution is 7.90. The lowest BCUT2D eigenvalue weighted by molar-refractivity contribution is -0.111. The van der Waals surface area contributed by atoms with E-state index in [4.69, 9.17) is 23.2 Å². The Labute approximate surface area is 179 Å². The Morgan fingerprint density at radius 1 is 0.828 bits per heavy atom. The summed E-state index contributed by atoms with van der Waals surface area (Å²) in [5.74, 6) is -0.524. The first-order valence-corrected chi connectivity index (χ1v) is 10.7. The Morgan fingerprint density at radius 2 is 1.31 bits per heavy atom. The number of benzene rings is 2. The van der Waals surface area contributed by atoms with Crippen LogP contribution in [0.5, 0.6) is 0 Å². The van der Waals surface area contributed by atoms with Crippen LogP contribution in [0.25, 0.3) is 0 Å². The third kappa shape index (κ3) is 4.40. The van der Waals surface area contributed by atoms with E-state index in [1.54, 1.807) is 62.4 Å². The number of nitrogens with zero attached hydrogens (tertiary/aromatic N) is 2. The van der Waals surface area contributed by atoms with Crippen molar-refractivity contribution in [2.24, 2.45) is 9.39 Å². The van der Waals surface area contributed by atoms with E-state index in [-0.39, 0.29) is 20.8 Å². The van der Waals surface area contributed by atoms with E-state index >= 15 is 0 Å². The molecule has 3 rings (SSSR count). The van der Waals surface area contributed by atoms with Crippen LogP contribution in [0.2, 0.25) is 0 Å². The number of sulfonamides is 1. The number of amidine groups is 1. The van der Waals surface area contributed by atoms with Crippen LogP contribution in [0, 0.1) is 0 Å². The molecule has 0 spiro atoms. The van der Waals surface area contributed by atoms with Gasteiger partial charge in [-0.15, -0.1) is 4.40 Å². The number of hydrogen-bond acceptors (Lipinski definition) is 3. The maximum Gasteiger partial charge on any atom is 0.284 e. The summed E-state index contributed by atoms with van der Waals surface area (Å²) in [5.41, 5.74) is 1.60. The minimum absolute atomic E-state index is 0.0357. The number of allylic oxidation sites excluding steroid dienone is 4. The van der Waals surface area contributed by atoms with Crippen LogP contribution in [-0.2, 0) is 14.8 Å². The van der Waals surface area contributed by atoms with Gasteiger partial charge in [0.1, 0.15) is 0 Å². The molecule has 1 aliphatic carbocycles. The van der Waals surface area contributed by atoms with Crippen molar-refractivity contribution in [1.82, 2.24) is 0 Å². The Kier molecular flexibility index (Phi) is 6.17. The third-order valence-electron chi connectivity index (χ3n) is 4.26. The van der Waals surface area contributed by atoms with E-state index in [9.17, 15) is 13.2 Å². The van der Waals surface area contributed by atoms with Crippen LogP contribution in [0.1, 0.15) is 19.4 Å². The van der Waals surface area contributed by atoms with Crippen LogP contribution in [-0.4, -0.2) is 25.7 Å². The molecule has 0 heterocycles. The number of carbonyl (C=O) groups is 1. The van der Waals surface area contributed by atoms with Gasteiger partial charge in [0, 0.05) is 5.56 Å². The van der Waals surface area contributed by atoms with E-state index in [0.717, 1.165) is 0 Å². The average molecular weight is 447 g/mol. The van der Waals surface area contributed by atoms with Crippen molar-refractivity contribution in [3.8, 4) is 0 Å². The quantitative estimate of drug-likeness (QED) is 0.383. The molecular weight excluding hydrogens is 431 g/mol. The fourth-order valence-corrected chi connectivity index (χ4v) is 4.08. The Bertz CT molecular complexity index is 1170. The number of hydrogen-bond donors (Lipinski definition) is 0. The lowest BCUT2D eigenvalue weighted by Gasteiger charge is -2.17. The van der Waals surface area contributed by atoms with Gasteiger partial charge in [-0.25, -0.2) is 4.99 Å². The van der Waals surface area contributed by atoms with Crippen molar-refractivity contribution in [2.45, 2.75) is 18.7 Å². The summed E-state index contributed by atoms with van der Waals surface area (Å²) >= 11 is 12.2. The van der Waals surface area contributed by atoms with Crippen molar-refractivity contribution in [2.75, 3.05) is 0 Å². The molecular formula is C21H16Cl2N2O3S. The summed E-state index contributed by atoms with van der Waals surface area (Å²) in [7, 11) is -4.02. The SMILES string of the molecule is CC1=C(Cl)C(=O)C(Cl)=C(C)C1=N/C(=N\S(=O)(=O)c1ccccc1)c1ccccc1. The normalized spacial score (nSPS) is 15.8. The molecule has 0 aliphatic heterocycles. The third-order valence-corrected chi connectivity index (χ3v) is 6.46. The summed E-state index contributed by atoms with van der Waals surface area (Å²) in [4.78, 5) is 16.6. The molecule has 0 amide bonds. The van der Waals surface area contributed by atoms with Gasteiger partial charge in [-0.2, -0.15) is 8.42 Å². The molecule has 2 aromatic rings. The highest BCUT2D eigenvalue weighted by Crippen LogP contribution is 2.30. The van der Waals surface area contributed by atoms with Crippen LogP contribution >= 0.6 is 23.2 Å². The first-order chi connectivity index (χ1) is 13.7. The van der Waals surface area contributed by atoms with Crippen molar-refractivity contribution < 1.29 is 13.2 Å². The highest BCUT2D eigenvalue weighted by atomic mass is 35.5. The van der Waals surface area contributed by atoms with E-state index in [2.05, 4.69) is 9.39 Å². The number of aliphatic imine (C=N–C) groups is 1. The molecule has 0 saturated carbocycles. The number of ketones is 1. The highest BCUT2D eigenvalue weighted by Gasteiger charge is 2.28. The smallest absolute Gasteiger partial charge is 0.284 e. The zero-order chi connectivity index (χ0) is 21.2. The topological polar surface area (TPSA) is 75.9 Å². The zero-order valence-corrected chi connectivity index (χ0v) is 17.9. The fraction of sp³-hybridized carbons (Fsp3) is 0.0952. The number of halogens is 2. The lowest BCUT2D eigenvalue weighted by Crippen LogP contribution is -2.19. The van der Waals surface area contributed by atoms with E-state index in [1.165, 1.54) is 12.1 Å². The molecule has 0 unspecified atom stereocenters. The maximum atomic E-state index is 12.8. The van der Waals surface area contributed by atoms with Gasteiger partial charge in [-0.05, 0) is 37.1 Å². The van der Waals surface area contributed by atoms with Crippen LogP contribution in [0.4, 0.5) is 0 Å². The van der Waals surface area contributed by atoms with Gasteiger partial charge in [0.25, 0.3) is 10.0 Å². The van der Waals surface area contributed by atoms with Crippen molar-refractivity contribution >= 4 is 50.6 Å². The number of carbonyl (C=O) groups excluding carboxylic acids is 1. The van der Waals surface area contributed by atoms with Crippen LogP contribution < -0.4 is 0 Å². The number of rotatable bonds is 3. The van der Waals surface area contributed by atoms with Gasteiger partial charge >= 0.3 is 0 Å².